The standard InChI is InChI=1S/C25H29N5O2/c31-25(28-22-11-16-30(17-12-22)15-10-20-8-13-26-14-9-20)29-23-6-7-24(27-18-23)32-19-21-4-2-1-3-5-21/h1-9,13-14,18,22H,10-12,15-17,19H2,(H2,28,29,31). The first kappa shape index (κ1) is 21.8. The smallest absolute Gasteiger partial charge is 0.319 e. The Kier molecular flexibility index (Phi) is 7.65. The Morgan fingerprint density at radius 2 is 1.78 bits per heavy atom. The molecule has 7 nitrogen and oxygen atoms in total. The summed E-state index contributed by atoms with van der Waals surface area (Å²) in [6, 6.07) is 17.6. The van der Waals surface area contributed by atoms with E-state index in [0.717, 1.165) is 44.5 Å². The third-order valence-electron chi connectivity index (χ3n) is 5.61. The fraction of sp³-hybridized carbons (Fsp3) is 0.320. The molecule has 0 radical (unpaired) electrons. The molecule has 0 saturated carbocycles. The summed E-state index contributed by atoms with van der Waals surface area (Å²) in [5.41, 5.74) is 3.04. The molecule has 2 amide bonds. The number of nitrogens with zero attached hydrogens (tertiary/aromatic N) is 3. The van der Waals surface area contributed by atoms with E-state index in [9.17, 15) is 4.79 Å². The number of rotatable bonds is 8. The number of carbonyl (C=O) groups is 1. The number of hydrogen-bond donors (Lipinski definition) is 2. The number of benzene rings is 1. The number of ether oxygens (including phenoxy) is 1. The number of piperidine rings is 1. The summed E-state index contributed by atoms with van der Waals surface area (Å²) >= 11 is 0. The van der Waals surface area contributed by atoms with Gasteiger partial charge in [-0.3, -0.25) is 4.98 Å². The molecular weight excluding hydrogens is 402 g/mol. The number of likely N-dealkylation sites (tertiary alicyclic amines) is 1. The van der Waals surface area contributed by atoms with Gasteiger partial charge in [-0.25, -0.2) is 9.78 Å². The average molecular weight is 432 g/mol. The molecule has 166 valence electrons. The topological polar surface area (TPSA) is 79.4 Å². The summed E-state index contributed by atoms with van der Waals surface area (Å²) in [5, 5.41) is 5.94. The third-order valence-corrected chi connectivity index (χ3v) is 5.61. The van der Waals surface area contributed by atoms with Crippen molar-refractivity contribution in [2.75, 3.05) is 25.0 Å². The highest BCUT2D eigenvalue weighted by molar-refractivity contribution is 5.89. The van der Waals surface area contributed by atoms with Crippen LogP contribution in [0.5, 0.6) is 5.88 Å². The van der Waals surface area contributed by atoms with Gasteiger partial charge in [0, 0.05) is 44.1 Å². The molecule has 2 N–H and O–H groups in total. The van der Waals surface area contributed by atoms with Gasteiger partial charge in [0.2, 0.25) is 5.88 Å². The molecular formula is C25H29N5O2. The van der Waals surface area contributed by atoms with Gasteiger partial charge in [-0.05, 0) is 48.6 Å². The number of urea groups is 1. The molecule has 7 heteroatoms. The third kappa shape index (κ3) is 6.78. The van der Waals surface area contributed by atoms with Crippen molar-refractivity contribution in [1.82, 2.24) is 20.2 Å². The maximum atomic E-state index is 12.4. The molecule has 1 saturated heterocycles. The van der Waals surface area contributed by atoms with Crippen molar-refractivity contribution in [3.05, 3.63) is 84.3 Å². The minimum Gasteiger partial charge on any atom is -0.473 e. The first-order chi connectivity index (χ1) is 15.7. The molecule has 3 aromatic rings. The van der Waals surface area contributed by atoms with E-state index in [1.165, 1.54) is 5.56 Å². The molecule has 32 heavy (non-hydrogen) atoms. The van der Waals surface area contributed by atoms with E-state index in [1.807, 2.05) is 42.7 Å². The van der Waals surface area contributed by atoms with Gasteiger partial charge in [-0.2, -0.15) is 0 Å². The van der Waals surface area contributed by atoms with Gasteiger partial charge < -0.3 is 20.3 Å². The number of carbonyl (C=O) groups excluding carboxylic acids is 1. The monoisotopic (exact) mass is 431 g/mol. The zero-order valence-electron chi connectivity index (χ0n) is 18.1. The molecule has 0 aliphatic carbocycles. The molecule has 0 unspecified atom stereocenters. The maximum absolute atomic E-state index is 12.4. The number of pyridine rings is 2. The molecule has 3 heterocycles. The zero-order valence-corrected chi connectivity index (χ0v) is 18.1. The quantitative estimate of drug-likeness (QED) is 0.566. The van der Waals surface area contributed by atoms with Crippen molar-refractivity contribution in [2.45, 2.75) is 31.9 Å². The van der Waals surface area contributed by atoms with Crippen LogP contribution in [-0.2, 0) is 13.0 Å². The SMILES string of the molecule is O=C(Nc1ccc(OCc2ccccc2)nc1)NC1CCN(CCc2ccncc2)CC1. The van der Waals surface area contributed by atoms with Gasteiger partial charge in [0.1, 0.15) is 6.61 Å². The number of anilines is 1. The Labute approximate surface area is 188 Å². The Morgan fingerprint density at radius 1 is 1.00 bits per heavy atom. The molecule has 1 aliphatic heterocycles. The van der Waals surface area contributed by atoms with Gasteiger partial charge in [0.15, 0.2) is 0 Å². The fourth-order valence-electron chi connectivity index (χ4n) is 3.76. The van der Waals surface area contributed by atoms with Crippen molar-refractivity contribution in [3.8, 4) is 5.88 Å². The Bertz CT molecular complexity index is 959. The second-order valence-electron chi connectivity index (χ2n) is 7.98. The molecule has 1 aliphatic rings. The van der Waals surface area contributed by atoms with Gasteiger partial charge in [-0.15, -0.1) is 0 Å². The molecule has 0 spiro atoms. The number of aromatic nitrogens is 2. The summed E-state index contributed by atoms with van der Waals surface area (Å²) in [6.45, 7) is 3.48. The predicted octanol–water partition coefficient (Wildman–Crippen LogP) is 3.88. The molecule has 0 bridgehead atoms. The normalized spacial score (nSPS) is 14.6. The lowest BCUT2D eigenvalue weighted by Gasteiger charge is -2.32. The van der Waals surface area contributed by atoms with Crippen molar-refractivity contribution >= 4 is 11.7 Å². The fourth-order valence-corrected chi connectivity index (χ4v) is 3.76. The highest BCUT2D eigenvalue weighted by atomic mass is 16.5. The van der Waals surface area contributed by atoms with E-state index in [1.54, 1.807) is 18.3 Å². The van der Waals surface area contributed by atoms with Crippen LogP contribution in [0.1, 0.15) is 24.0 Å². The van der Waals surface area contributed by atoms with Crippen LogP contribution in [0, 0.1) is 0 Å². The molecule has 1 fully saturated rings. The van der Waals surface area contributed by atoms with Crippen LogP contribution < -0.4 is 15.4 Å². The second-order valence-corrected chi connectivity index (χ2v) is 7.98. The van der Waals surface area contributed by atoms with E-state index in [4.69, 9.17) is 4.74 Å². The Morgan fingerprint density at radius 3 is 2.50 bits per heavy atom. The highest BCUT2D eigenvalue weighted by Gasteiger charge is 2.20. The van der Waals surface area contributed by atoms with Gasteiger partial charge in [-0.1, -0.05) is 30.3 Å². The summed E-state index contributed by atoms with van der Waals surface area (Å²) < 4.78 is 5.68. The number of amides is 2. The first-order valence-electron chi connectivity index (χ1n) is 11.1. The van der Waals surface area contributed by atoms with Gasteiger partial charge in [0.25, 0.3) is 0 Å². The lowest BCUT2D eigenvalue weighted by molar-refractivity contribution is 0.197. The van der Waals surface area contributed by atoms with E-state index in [2.05, 4.69) is 37.6 Å². The van der Waals surface area contributed by atoms with E-state index < -0.39 is 0 Å². The molecule has 2 aromatic heterocycles. The highest BCUT2D eigenvalue weighted by Crippen LogP contribution is 2.15. The molecule has 0 atom stereocenters. The van der Waals surface area contributed by atoms with Crippen molar-refractivity contribution in [2.24, 2.45) is 0 Å². The van der Waals surface area contributed by atoms with E-state index >= 15 is 0 Å². The van der Waals surface area contributed by atoms with Crippen LogP contribution in [0.2, 0.25) is 0 Å². The largest absolute Gasteiger partial charge is 0.473 e. The minimum absolute atomic E-state index is 0.189. The lowest BCUT2D eigenvalue weighted by atomic mass is 10.0. The lowest BCUT2D eigenvalue weighted by Crippen LogP contribution is -2.46. The van der Waals surface area contributed by atoms with Crippen molar-refractivity contribution in [3.63, 3.8) is 0 Å². The van der Waals surface area contributed by atoms with Crippen LogP contribution in [0.25, 0.3) is 0 Å². The zero-order chi connectivity index (χ0) is 22.0. The van der Waals surface area contributed by atoms with Crippen molar-refractivity contribution in [1.29, 1.82) is 0 Å². The maximum Gasteiger partial charge on any atom is 0.319 e. The van der Waals surface area contributed by atoms with E-state index in [-0.39, 0.29) is 12.1 Å². The van der Waals surface area contributed by atoms with E-state index in [0.29, 0.717) is 18.2 Å². The van der Waals surface area contributed by atoms with Crippen molar-refractivity contribution < 1.29 is 9.53 Å². The van der Waals surface area contributed by atoms with Gasteiger partial charge >= 0.3 is 6.03 Å². The summed E-state index contributed by atoms with van der Waals surface area (Å²) in [5.74, 6) is 0.527. The second kappa shape index (κ2) is 11.2. The average Bonchev–Trinajstić information content (AvgIpc) is 2.84. The summed E-state index contributed by atoms with van der Waals surface area (Å²) in [6.07, 6.45) is 8.22. The van der Waals surface area contributed by atoms with Crippen LogP contribution in [-0.4, -0.2) is 46.6 Å². The van der Waals surface area contributed by atoms with Crippen LogP contribution in [0.4, 0.5) is 10.5 Å². The van der Waals surface area contributed by atoms with Crippen LogP contribution >= 0.6 is 0 Å². The minimum atomic E-state index is -0.194. The first-order valence-corrected chi connectivity index (χ1v) is 11.1. The van der Waals surface area contributed by atoms with Crippen LogP contribution in [0.15, 0.2) is 73.2 Å². The summed E-state index contributed by atoms with van der Waals surface area (Å²) in [4.78, 5) is 23.2. The van der Waals surface area contributed by atoms with Crippen LogP contribution in [0.3, 0.4) is 0 Å². The predicted molar refractivity (Wildman–Crippen MR) is 125 cm³/mol. The molecule has 4 rings (SSSR count). The molecule has 1 aromatic carbocycles. The summed E-state index contributed by atoms with van der Waals surface area (Å²) in [7, 11) is 0. The Hall–Kier alpha value is -3.45. The number of hydrogen-bond acceptors (Lipinski definition) is 5. The van der Waals surface area contributed by atoms with Gasteiger partial charge in [0.05, 0.1) is 11.9 Å². The number of nitrogens with one attached hydrogen (secondary N) is 2. The Balaban J connectivity index is 1.15.